The van der Waals surface area contributed by atoms with Crippen molar-refractivity contribution >= 4 is 58.3 Å². The maximum Gasteiger partial charge on any atom is 0.206 e. The molecule has 2 aromatic carbocycles. The zero-order valence-electron chi connectivity index (χ0n) is 17.1. The van der Waals surface area contributed by atoms with Gasteiger partial charge in [0.05, 0.1) is 24.1 Å². The van der Waals surface area contributed by atoms with Crippen LogP contribution < -0.4 is 16.7 Å². The van der Waals surface area contributed by atoms with Crippen LogP contribution in [0.2, 0.25) is 5.02 Å². The average molecular weight is 479 g/mol. The molecule has 0 aliphatic heterocycles. The van der Waals surface area contributed by atoms with Gasteiger partial charge in [-0.25, -0.2) is 0 Å². The first-order valence-corrected chi connectivity index (χ1v) is 10.2. The molecule has 0 amide bonds. The van der Waals surface area contributed by atoms with Crippen molar-refractivity contribution in [2.24, 2.45) is 16.1 Å². The van der Waals surface area contributed by atoms with Gasteiger partial charge in [0.1, 0.15) is 5.71 Å². The zero-order chi connectivity index (χ0) is 23.1. The number of nitrogens with zero attached hydrogens (tertiary/aromatic N) is 2. The summed E-state index contributed by atoms with van der Waals surface area (Å²) in [7, 11) is 0. The summed E-state index contributed by atoms with van der Waals surface area (Å²) < 4.78 is 12.2. The molecule has 1 aliphatic carbocycles. The number of nitrogens with one attached hydrogen (secondary N) is 2. The van der Waals surface area contributed by atoms with E-state index in [1.165, 1.54) is 6.08 Å². The zero-order valence-corrected chi connectivity index (χ0v) is 18.4. The van der Waals surface area contributed by atoms with E-state index in [4.69, 9.17) is 30.5 Å². The molecule has 0 aromatic heterocycles. The van der Waals surface area contributed by atoms with E-state index in [1.807, 2.05) is 31.2 Å². The molecule has 0 saturated carbocycles. The summed E-state index contributed by atoms with van der Waals surface area (Å²) in [6.07, 6.45) is 2.39. The van der Waals surface area contributed by atoms with E-state index in [2.05, 4.69) is 30.4 Å². The molecule has 4 N–H and O–H groups in total. The quantitative estimate of drug-likeness (QED) is 0.134. The summed E-state index contributed by atoms with van der Waals surface area (Å²) in [4.78, 5) is 16.8. The minimum Gasteiger partial charge on any atom is -0.298 e. The van der Waals surface area contributed by atoms with Crippen LogP contribution in [0.4, 0.5) is 5.69 Å². The van der Waals surface area contributed by atoms with Crippen LogP contribution in [0.25, 0.3) is 0 Å². The first kappa shape index (κ1) is 21.6. The molecule has 0 bridgehead atoms. The molecule has 0 heterocycles. The molecule has 0 fully saturated rings. The number of anilines is 1. The molecule has 2 aromatic rings. The van der Waals surface area contributed by atoms with E-state index < -0.39 is 5.78 Å². The number of halogens is 2. The maximum atomic E-state index is 12.1. The highest BCUT2D eigenvalue weighted by Gasteiger charge is 2.12. The molecule has 1 aliphatic rings. The van der Waals surface area contributed by atoms with Gasteiger partial charge in [-0.1, -0.05) is 53.0 Å². The van der Waals surface area contributed by atoms with Crippen molar-refractivity contribution in [3.8, 4) is 0 Å². The normalized spacial score (nSPS) is 16.0. The molecule has 11 heteroatoms. The van der Waals surface area contributed by atoms with E-state index in [9.17, 15) is 4.79 Å². The van der Waals surface area contributed by atoms with E-state index in [1.54, 1.807) is 18.2 Å². The molecule has 0 spiro atoms. The molecule has 31 heavy (non-hydrogen) atoms. The van der Waals surface area contributed by atoms with E-state index in [0.29, 0.717) is 27.0 Å². The fraction of sp³-hybridized carbons (Fsp3) is 0.0500. The Labute approximate surface area is 194 Å². The van der Waals surface area contributed by atoms with Gasteiger partial charge >= 0.3 is 0 Å². The van der Waals surface area contributed by atoms with Gasteiger partial charge in [-0.15, -0.1) is 19.5 Å². The fourth-order valence-corrected chi connectivity index (χ4v) is 3.18. The number of rotatable bonds is 7. The third-order valence-corrected chi connectivity index (χ3v) is 4.99. The van der Waals surface area contributed by atoms with Gasteiger partial charge in [0.2, 0.25) is 5.78 Å². The molecule has 0 atom stereocenters. The molecule has 0 unspecified atom stereocenters. The van der Waals surface area contributed by atoms with Gasteiger partial charge in [0.15, 0.2) is 5.84 Å². The molecule has 8 nitrogen and oxygen atoms in total. The van der Waals surface area contributed by atoms with Crippen LogP contribution in [0.1, 0.15) is 12.5 Å². The summed E-state index contributed by atoms with van der Waals surface area (Å²) in [5.74, 6) is 4.69. The first-order valence-electron chi connectivity index (χ1n) is 9.22. The predicted molar refractivity (Wildman–Crippen MR) is 124 cm³/mol. The summed E-state index contributed by atoms with van der Waals surface area (Å²) in [5.41, 5.74) is 8.27. The number of hydrogen-bond acceptors (Lipinski definition) is 8. The lowest BCUT2D eigenvalue weighted by Gasteiger charge is -2.13. The summed E-state index contributed by atoms with van der Waals surface area (Å²) in [5, 5.41) is 8.69. The maximum absolute atomic E-state index is 12.1. The molecule has 3 rings (SSSR count). The second-order valence-electron chi connectivity index (χ2n) is 6.08. The van der Waals surface area contributed by atoms with Crippen LogP contribution >= 0.6 is 35.2 Å². The standard InChI is InChI=1S/C20H17Cl2N5O3S/c1-12-2-4-13(5-3-12)20(27-25-18-10-14(21)6-9-19(18)28)26-24-17-8-7-15(11-16(17)22)31-30-29-23/h2-11,24H,23H2,1H3,(H,26,27)/b25-18-/i6D. The first-order chi connectivity index (χ1) is 15.4. The van der Waals surface area contributed by atoms with Crippen molar-refractivity contribution in [3.63, 3.8) is 0 Å². The Balaban J connectivity index is 1.85. The Morgan fingerprint density at radius 3 is 2.71 bits per heavy atom. The van der Waals surface area contributed by atoms with Crippen LogP contribution in [0.3, 0.4) is 0 Å². The number of benzene rings is 2. The number of ketones is 1. The van der Waals surface area contributed by atoms with Gasteiger partial charge in [0.25, 0.3) is 0 Å². The second-order valence-corrected chi connectivity index (χ2v) is 7.67. The second kappa shape index (κ2) is 11.1. The molecule has 160 valence electrons. The van der Waals surface area contributed by atoms with E-state index in [0.717, 1.165) is 23.7 Å². The van der Waals surface area contributed by atoms with Crippen molar-refractivity contribution in [2.45, 2.75) is 11.8 Å². The highest BCUT2D eigenvalue weighted by Crippen LogP contribution is 2.28. The van der Waals surface area contributed by atoms with E-state index >= 15 is 0 Å². The van der Waals surface area contributed by atoms with Gasteiger partial charge in [-0.3, -0.25) is 15.6 Å². The highest BCUT2D eigenvalue weighted by molar-refractivity contribution is 7.94. The Bertz CT molecular complexity index is 1140. The summed E-state index contributed by atoms with van der Waals surface area (Å²) in [6, 6.07) is 12.6. The molecular formula is C20H17Cl2N5O3S. The van der Waals surface area contributed by atoms with Crippen molar-refractivity contribution in [1.29, 1.82) is 0 Å². The van der Waals surface area contributed by atoms with Crippen LogP contribution in [0, 0.1) is 6.92 Å². The predicted octanol–water partition coefficient (Wildman–Crippen LogP) is 4.46. The third kappa shape index (κ3) is 6.66. The lowest BCUT2D eigenvalue weighted by molar-refractivity contribution is -0.195. The van der Waals surface area contributed by atoms with Crippen LogP contribution in [-0.2, 0) is 14.1 Å². The number of carbonyl (C=O) groups excluding carboxylic acids is 1. The smallest absolute Gasteiger partial charge is 0.206 e. The number of aryl methyl sites for hydroxylation is 1. The van der Waals surface area contributed by atoms with Gasteiger partial charge < -0.3 is 0 Å². The minimum absolute atomic E-state index is 0.0129. The molecule has 0 saturated heterocycles. The average Bonchev–Trinajstić information content (AvgIpc) is 2.77. The van der Waals surface area contributed by atoms with Crippen molar-refractivity contribution < 1.29 is 15.5 Å². The van der Waals surface area contributed by atoms with Crippen molar-refractivity contribution in [2.75, 3.05) is 5.43 Å². The summed E-state index contributed by atoms with van der Waals surface area (Å²) >= 11 is 13.1. The number of allylic oxidation sites excluding steroid dienone is 4. The third-order valence-electron chi connectivity index (χ3n) is 3.87. The van der Waals surface area contributed by atoms with Crippen molar-refractivity contribution in [1.82, 2.24) is 5.43 Å². The Kier molecular flexibility index (Phi) is 7.72. The van der Waals surface area contributed by atoms with Gasteiger partial charge in [-0.05, 0) is 43.3 Å². The van der Waals surface area contributed by atoms with Crippen LogP contribution in [-0.4, -0.2) is 17.3 Å². The lowest BCUT2D eigenvalue weighted by Crippen LogP contribution is -2.30. The Morgan fingerprint density at radius 2 is 2.00 bits per heavy atom. The monoisotopic (exact) mass is 478 g/mol. The lowest BCUT2D eigenvalue weighted by atomic mass is 10.1. The number of hydrogen-bond donors (Lipinski definition) is 3. The Hall–Kier alpha value is -2.66. The van der Waals surface area contributed by atoms with Crippen molar-refractivity contribution in [3.05, 3.63) is 81.9 Å². The molecule has 0 radical (unpaired) electrons. The Morgan fingerprint density at radius 1 is 1.23 bits per heavy atom. The fourth-order valence-electron chi connectivity index (χ4n) is 2.32. The van der Waals surface area contributed by atoms with Crippen LogP contribution in [0.5, 0.6) is 0 Å². The van der Waals surface area contributed by atoms with Crippen LogP contribution in [0.15, 0.2) is 80.8 Å². The SMILES string of the molecule is [2H]C1=CC(=O)/C(=N\N=C(/NNc2ccc(SOON)cc2Cl)c2ccc(C)cc2)C=C1Cl. The highest BCUT2D eigenvalue weighted by atomic mass is 35.5. The molecular weight excluding hydrogens is 461 g/mol. The number of carbonyl (C=O) groups is 1. The van der Waals surface area contributed by atoms with E-state index in [-0.39, 0.29) is 16.8 Å². The minimum atomic E-state index is -0.459. The topological polar surface area (TPSA) is 110 Å². The number of hydrazine groups is 1. The number of amidine groups is 1. The number of nitrogens with two attached hydrogens (primary N) is 1. The largest absolute Gasteiger partial charge is 0.298 e. The summed E-state index contributed by atoms with van der Waals surface area (Å²) in [6.45, 7) is 1.96. The van der Waals surface area contributed by atoms with Gasteiger partial charge in [-0.2, -0.15) is 5.90 Å². The van der Waals surface area contributed by atoms with Gasteiger partial charge in [0, 0.05) is 15.5 Å².